The largest absolute Gasteiger partial charge is 0.311 e. The Balaban J connectivity index is 2.43. The van der Waals surface area contributed by atoms with Gasteiger partial charge in [-0.2, -0.15) is 0 Å². The van der Waals surface area contributed by atoms with Crippen LogP contribution >= 0.6 is 0 Å². The molecule has 5 nitrogen and oxygen atoms in total. The van der Waals surface area contributed by atoms with Crippen LogP contribution in [0.2, 0.25) is 0 Å². The summed E-state index contributed by atoms with van der Waals surface area (Å²) in [5, 5.41) is 11.7. The van der Waals surface area contributed by atoms with Gasteiger partial charge in [-0.15, -0.1) is 5.10 Å². The van der Waals surface area contributed by atoms with Crippen molar-refractivity contribution in [2.24, 2.45) is 11.8 Å². The van der Waals surface area contributed by atoms with Gasteiger partial charge in [0.1, 0.15) is 0 Å². The van der Waals surface area contributed by atoms with E-state index in [-0.39, 0.29) is 0 Å². The van der Waals surface area contributed by atoms with Crippen LogP contribution < -0.4 is 5.32 Å². The standard InChI is InChI=1S/C15H31N5/c1-6-16-9-15-12-20(18-17-15)8-7-19(10-13(2)3)11-14(4)5/h12-14,16H,6-11H2,1-5H3. The fourth-order valence-corrected chi connectivity index (χ4v) is 2.32. The fourth-order valence-electron chi connectivity index (χ4n) is 2.32. The van der Waals surface area contributed by atoms with Gasteiger partial charge in [-0.3, -0.25) is 4.68 Å². The van der Waals surface area contributed by atoms with Crippen LogP contribution in [0.25, 0.3) is 0 Å². The van der Waals surface area contributed by atoms with Crippen LogP contribution in [0.5, 0.6) is 0 Å². The molecule has 5 heteroatoms. The van der Waals surface area contributed by atoms with E-state index in [0.29, 0.717) is 11.8 Å². The number of hydrogen-bond donors (Lipinski definition) is 1. The molecule has 1 aromatic rings. The molecule has 0 fully saturated rings. The Morgan fingerprint density at radius 1 is 1.20 bits per heavy atom. The van der Waals surface area contributed by atoms with Crippen LogP contribution in [0.15, 0.2) is 6.20 Å². The highest BCUT2D eigenvalue weighted by atomic mass is 15.4. The van der Waals surface area contributed by atoms with Gasteiger partial charge in [-0.25, -0.2) is 0 Å². The summed E-state index contributed by atoms with van der Waals surface area (Å²) in [6.07, 6.45) is 2.05. The van der Waals surface area contributed by atoms with E-state index in [0.717, 1.165) is 45.0 Å². The van der Waals surface area contributed by atoms with Gasteiger partial charge in [0.05, 0.1) is 12.2 Å². The Kier molecular flexibility index (Phi) is 7.77. The van der Waals surface area contributed by atoms with Gasteiger partial charge in [-0.1, -0.05) is 39.8 Å². The van der Waals surface area contributed by atoms with E-state index in [1.807, 2.05) is 10.9 Å². The lowest BCUT2D eigenvalue weighted by Gasteiger charge is -2.25. The molecule has 0 bridgehead atoms. The second kappa shape index (κ2) is 9.08. The molecular formula is C15H31N5. The molecule has 1 N–H and O–H groups in total. The van der Waals surface area contributed by atoms with Crippen molar-refractivity contribution in [3.05, 3.63) is 11.9 Å². The average Bonchev–Trinajstić information content (AvgIpc) is 2.80. The number of nitrogens with one attached hydrogen (secondary N) is 1. The van der Waals surface area contributed by atoms with E-state index in [4.69, 9.17) is 0 Å². The van der Waals surface area contributed by atoms with Gasteiger partial charge in [0.2, 0.25) is 0 Å². The number of nitrogens with zero attached hydrogens (tertiary/aromatic N) is 4. The predicted molar refractivity (Wildman–Crippen MR) is 83.5 cm³/mol. The summed E-state index contributed by atoms with van der Waals surface area (Å²) >= 11 is 0. The van der Waals surface area contributed by atoms with E-state index in [1.165, 1.54) is 0 Å². The van der Waals surface area contributed by atoms with Crippen LogP contribution in [-0.4, -0.2) is 46.1 Å². The number of aromatic nitrogens is 3. The van der Waals surface area contributed by atoms with Crippen molar-refractivity contribution in [1.29, 1.82) is 0 Å². The van der Waals surface area contributed by atoms with Crippen LogP contribution in [0.4, 0.5) is 0 Å². The first-order chi connectivity index (χ1) is 9.51. The van der Waals surface area contributed by atoms with Crippen LogP contribution in [0.1, 0.15) is 40.3 Å². The molecule has 1 heterocycles. The van der Waals surface area contributed by atoms with Crippen molar-refractivity contribution in [2.75, 3.05) is 26.2 Å². The second-order valence-corrected chi connectivity index (χ2v) is 6.30. The van der Waals surface area contributed by atoms with E-state index in [9.17, 15) is 0 Å². The SMILES string of the molecule is CCNCc1cn(CCN(CC(C)C)CC(C)C)nn1. The molecule has 1 aromatic heterocycles. The second-order valence-electron chi connectivity index (χ2n) is 6.30. The third-order valence-electron chi connectivity index (χ3n) is 3.03. The van der Waals surface area contributed by atoms with Crippen molar-refractivity contribution in [2.45, 2.75) is 47.7 Å². The third kappa shape index (κ3) is 7.01. The van der Waals surface area contributed by atoms with E-state index in [1.54, 1.807) is 0 Å². The van der Waals surface area contributed by atoms with E-state index >= 15 is 0 Å². The smallest absolute Gasteiger partial charge is 0.0964 e. The lowest BCUT2D eigenvalue weighted by molar-refractivity contribution is 0.208. The molecule has 0 aliphatic heterocycles. The highest BCUT2D eigenvalue weighted by molar-refractivity contribution is 4.91. The molecule has 0 saturated heterocycles. The summed E-state index contributed by atoms with van der Waals surface area (Å²) in [4.78, 5) is 2.53. The Bertz CT molecular complexity index is 349. The molecule has 0 atom stereocenters. The summed E-state index contributed by atoms with van der Waals surface area (Å²) in [5.74, 6) is 1.41. The van der Waals surface area contributed by atoms with Crippen molar-refractivity contribution in [1.82, 2.24) is 25.2 Å². The molecule has 0 amide bonds. The Labute approximate surface area is 123 Å². The molecule has 0 radical (unpaired) electrons. The van der Waals surface area contributed by atoms with Crippen molar-refractivity contribution < 1.29 is 0 Å². The quantitative estimate of drug-likeness (QED) is 0.712. The van der Waals surface area contributed by atoms with Gasteiger partial charge >= 0.3 is 0 Å². The molecule has 0 saturated carbocycles. The molecule has 0 spiro atoms. The Hall–Kier alpha value is -0.940. The maximum atomic E-state index is 4.20. The summed E-state index contributed by atoms with van der Waals surface area (Å²) in [6.45, 7) is 17.2. The molecule has 0 aromatic carbocycles. The van der Waals surface area contributed by atoms with Crippen molar-refractivity contribution in [3.63, 3.8) is 0 Å². The van der Waals surface area contributed by atoms with Gasteiger partial charge in [0, 0.05) is 32.4 Å². The minimum Gasteiger partial charge on any atom is -0.311 e. The summed E-state index contributed by atoms with van der Waals surface area (Å²) in [6, 6.07) is 0. The van der Waals surface area contributed by atoms with Gasteiger partial charge in [0.25, 0.3) is 0 Å². The maximum absolute atomic E-state index is 4.20. The monoisotopic (exact) mass is 281 g/mol. The zero-order valence-electron chi connectivity index (χ0n) is 13.8. The minimum absolute atomic E-state index is 0.703. The molecule has 20 heavy (non-hydrogen) atoms. The highest BCUT2D eigenvalue weighted by Crippen LogP contribution is 2.04. The third-order valence-corrected chi connectivity index (χ3v) is 3.03. The lowest BCUT2D eigenvalue weighted by atomic mass is 10.1. The molecule has 116 valence electrons. The first kappa shape index (κ1) is 17.1. The van der Waals surface area contributed by atoms with Gasteiger partial charge in [0.15, 0.2) is 0 Å². The molecule has 0 unspecified atom stereocenters. The predicted octanol–water partition coefficient (Wildman–Crippen LogP) is 2.00. The molecular weight excluding hydrogens is 250 g/mol. The first-order valence-electron chi connectivity index (χ1n) is 7.83. The Morgan fingerprint density at radius 3 is 2.40 bits per heavy atom. The average molecular weight is 281 g/mol. The van der Waals surface area contributed by atoms with Crippen molar-refractivity contribution in [3.8, 4) is 0 Å². The summed E-state index contributed by atoms with van der Waals surface area (Å²) < 4.78 is 1.96. The van der Waals surface area contributed by atoms with Gasteiger partial charge < -0.3 is 10.2 Å². The van der Waals surface area contributed by atoms with Gasteiger partial charge in [-0.05, 0) is 18.4 Å². The van der Waals surface area contributed by atoms with Crippen LogP contribution in [0.3, 0.4) is 0 Å². The number of hydrogen-bond acceptors (Lipinski definition) is 4. The summed E-state index contributed by atoms with van der Waals surface area (Å²) in [7, 11) is 0. The normalized spacial score (nSPS) is 12.0. The van der Waals surface area contributed by atoms with Crippen LogP contribution in [-0.2, 0) is 13.1 Å². The Morgan fingerprint density at radius 2 is 1.85 bits per heavy atom. The lowest BCUT2D eigenvalue weighted by Crippen LogP contribution is -2.34. The maximum Gasteiger partial charge on any atom is 0.0964 e. The number of rotatable bonds is 10. The first-order valence-corrected chi connectivity index (χ1v) is 7.83. The zero-order valence-corrected chi connectivity index (χ0v) is 13.8. The fraction of sp³-hybridized carbons (Fsp3) is 0.867. The van der Waals surface area contributed by atoms with Crippen LogP contribution in [0, 0.1) is 11.8 Å². The van der Waals surface area contributed by atoms with E-state index in [2.05, 4.69) is 55.1 Å². The molecule has 1 rings (SSSR count). The van der Waals surface area contributed by atoms with E-state index < -0.39 is 0 Å². The minimum atomic E-state index is 0.703. The molecule has 0 aliphatic rings. The zero-order chi connectivity index (χ0) is 15.0. The topological polar surface area (TPSA) is 46.0 Å². The summed E-state index contributed by atoms with van der Waals surface area (Å²) in [5.41, 5.74) is 1.02. The molecule has 0 aliphatic carbocycles. The van der Waals surface area contributed by atoms with Crippen molar-refractivity contribution >= 4 is 0 Å². The highest BCUT2D eigenvalue weighted by Gasteiger charge is 2.10.